The summed E-state index contributed by atoms with van der Waals surface area (Å²) >= 11 is -2.09. The lowest BCUT2D eigenvalue weighted by Gasteiger charge is -2.20. The van der Waals surface area contributed by atoms with E-state index >= 15 is 0 Å². The molecule has 0 spiro atoms. The first-order valence-electron chi connectivity index (χ1n) is 6.74. The van der Waals surface area contributed by atoms with Crippen LogP contribution in [0, 0.1) is 5.92 Å². The van der Waals surface area contributed by atoms with Crippen LogP contribution in [-0.4, -0.2) is 27.0 Å². The molecule has 0 aliphatic heterocycles. The van der Waals surface area contributed by atoms with Crippen molar-refractivity contribution in [2.24, 2.45) is 11.0 Å². The smallest absolute Gasteiger partial charge is 0.236 e. The van der Waals surface area contributed by atoms with Gasteiger partial charge in [0, 0.05) is 13.0 Å². The fraction of sp³-hybridized carbons (Fsp3) is 0.500. The average Bonchev–Trinajstić information content (AvgIpc) is 2.45. The Kier molecular flexibility index (Phi) is 7.08. The maximum Gasteiger partial charge on any atom is 0.236 e. The van der Waals surface area contributed by atoms with Gasteiger partial charge in [0.05, 0.1) is 23.1 Å². The van der Waals surface area contributed by atoms with Crippen molar-refractivity contribution in [1.82, 2.24) is 5.43 Å². The second-order valence-electron chi connectivity index (χ2n) is 4.42. The van der Waals surface area contributed by atoms with Gasteiger partial charge in [-0.25, -0.2) is 9.63 Å². The van der Waals surface area contributed by atoms with E-state index in [1.54, 1.807) is 6.08 Å². The van der Waals surface area contributed by atoms with Gasteiger partial charge in [-0.2, -0.15) is 5.10 Å². The van der Waals surface area contributed by atoms with E-state index in [1.807, 2.05) is 13.8 Å². The molecule has 0 heterocycles. The van der Waals surface area contributed by atoms with Gasteiger partial charge in [-0.3, -0.25) is 4.79 Å². The lowest BCUT2D eigenvalue weighted by atomic mass is 9.96. The molecule has 0 fully saturated rings. The van der Waals surface area contributed by atoms with Gasteiger partial charge in [0.2, 0.25) is 5.91 Å². The molecular weight excluding hydrogens is 292 g/mol. The van der Waals surface area contributed by atoms with Crippen molar-refractivity contribution in [2.75, 3.05) is 6.61 Å². The van der Waals surface area contributed by atoms with Crippen LogP contribution in [-0.2, 0) is 20.6 Å². The monoisotopic (exact) mass is 312 g/mol. The Labute approximate surface area is 126 Å². The molecule has 0 radical (unpaired) electrons. The number of hydrogen-bond acceptors (Lipinski definition) is 4. The molecule has 7 heteroatoms. The molecular formula is C14H20N2O4S. The highest BCUT2D eigenvalue weighted by Gasteiger charge is 2.23. The van der Waals surface area contributed by atoms with Crippen LogP contribution in [0.25, 0.3) is 0 Å². The standard InChI is InChI=1S/C14H20N2O4S/c1-4-8-20-14-7-6-11(21(18)19)9-12(14)13(5-2)16-15-10(3)17/h6,9,12H,4-5,8H2,1-3H3,(H,15,17)(H,18,19)/b16-13+. The number of hydrazone groups is 1. The Hall–Kier alpha value is -1.69. The Morgan fingerprint density at radius 3 is 2.81 bits per heavy atom. The fourth-order valence-electron chi connectivity index (χ4n) is 1.74. The predicted octanol–water partition coefficient (Wildman–Crippen LogP) is 2.09. The number of hydrogen-bond donors (Lipinski definition) is 2. The maximum atomic E-state index is 11.2. The minimum atomic E-state index is -2.09. The van der Waals surface area contributed by atoms with Crippen molar-refractivity contribution in [3.63, 3.8) is 0 Å². The molecule has 0 saturated carbocycles. The van der Waals surface area contributed by atoms with Gasteiger partial charge >= 0.3 is 0 Å². The number of carbonyl (C=O) groups is 1. The van der Waals surface area contributed by atoms with Crippen LogP contribution in [0.2, 0.25) is 0 Å². The number of amides is 1. The molecule has 2 unspecified atom stereocenters. The first-order valence-corrected chi connectivity index (χ1v) is 7.85. The minimum Gasteiger partial charge on any atom is -0.489 e. The van der Waals surface area contributed by atoms with Crippen LogP contribution >= 0.6 is 0 Å². The molecule has 0 aromatic heterocycles. The zero-order chi connectivity index (χ0) is 15.8. The number of allylic oxidation sites excluding steroid dienone is 1. The Balaban J connectivity index is 3.12. The van der Waals surface area contributed by atoms with Crippen LogP contribution in [0.3, 0.4) is 0 Å². The molecule has 2 N–H and O–H groups in total. The topological polar surface area (TPSA) is 88.0 Å². The molecule has 6 nitrogen and oxygen atoms in total. The molecule has 1 rings (SSSR count). The molecule has 2 atom stereocenters. The van der Waals surface area contributed by atoms with Gasteiger partial charge in [0.1, 0.15) is 0 Å². The summed E-state index contributed by atoms with van der Waals surface area (Å²) in [5.41, 5.74) is 5.92. The summed E-state index contributed by atoms with van der Waals surface area (Å²) in [6.45, 7) is 5.76. The van der Waals surface area contributed by atoms with Crippen LogP contribution in [0.1, 0.15) is 33.6 Å². The maximum absolute atomic E-state index is 11.2. The average molecular weight is 312 g/mol. The quantitative estimate of drug-likeness (QED) is 0.326. The summed E-state index contributed by atoms with van der Waals surface area (Å²) in [7, 11) is 0. The molecule has 1 aliphatic carbocycles. The summed E-state index contributed by atoms with van der Waals surface area (Å²) in [5.74, 6) is -0.135. The first kappa shape index (κ1) is 17.4. The molecule has 0 bridgehead atoms. The molecule has 0 aromatic carbocycles. The summed E-state index contributed by atoms with van der Waals surface area (Å²) in [6.07, 6.45) is 4.45. The Morgan fingerprint density at radius 2 is 2.29 bits per heavy atom. The van der Waals surface area contributed by atoms with E-state index in [2.05, 4.69) is 16.3 Å². The number of rotatable bonds is 7. The lowest BCUT2D eigenvalue weighted by Crippen LogP contribution is -2.23. The van der Waals surface area contributed by atoms with Crippen molar-refractivity contribution in [3.05, 3.63) is 28.5 Å². The van der Waals surface area contributed by atoms with Crippen molar-refractivity contribution >= 4 is 22.7 Å². The van der Waals surface area contributed by atoms with Crippen LogP contribution in [0.5, 0.6) is 0 Å². The Morgan fingerprint density at radius 1 is 1.57 bits per heavy atom. The summed E-state index contributed by atoms with van der Waals surface area (Å²) in [4.78, 5) is 11.2. The number of ether oxygens (including phenoxy) is 1. The summed E-state index contributed by atoms with van der Waals surface area (Å²) < 4.78 is 26.0. The van der Waals surface area contributed by atoms with E-state index in [0.29, 0.717) is 24.5 Å². The normalized spacial score (nSPS) is 19.6. The summed E-state index contributed by atoms with van der Waals surface area (Å²) in [6, 6.07) is 0. The van der Waals surface area contributed by atoms with E-state index in [1.165, 1.54) is 13.0 Å². The van der Waals surface area contributed by atoms with Crippen molar-refractivity contribution in [3.8, 4) is 0 Å². The van der Waals surface area contributed by atoms with Crippen molar-refractivity contribution in [2.45, 2.75) is 33.6 Å². The third-order valence-corrected chi connectivity index (χ3v) is 3.37. The van der Waals surface area contributed by atoms with E-state index < -0.39 is 17.0 Å². The van der Waals surface area contributed by atoms with Gasteiger partial charge in [-0.15, -0.1) is 0 Å². The van der Waals surface area contributed by atoms with Crippen LogP contribution in [0.15, 0.2) is 33.6 Å². The van der Waals surface area contributed by atoms with Gasteiger partial charge in [0.25, 0.3) is 0 Å². The van der Waals surface area contributed by atoms with Gasteiger partial charge < -0.3 is 9.29 Å². The number of nitrogens with one attached hydrogen (secondary N) is 1. The van der Waals surface area contributed by atoms with E-state index in [0.717, 1.165) is 6.42 Å². The molecule has 1 aliphatic rings. The van der Waals surface area contributed by atoms with Crippen molar-refractivity contribution < 1.29 is 18.3 Å². The van der Waals surface area contributed by atoms with E-state index in [4.69, 9.17) is 4.74 Å². The van der Waals surface area contributed by atoms with Gasteiger partial charge in [-0.05, 0) is 18.9 Å². The highest BCUT2D eigenvalue weighted by molar-refractivity contribution is 7.83. The van der Waals surface area contributed by atoms with Gasteiger partial charge in [0.15, 0.2) is 16.8 Å². The highest BCUT2D eigenvalue weighted by atomic mass is 32.2. The zero-order valence-corrected chi connectivity index (χ0v) is 13.2. The molecule has 0 saturated heterocycles. The summed E-state index contributed by atoms with van der Waals surface area (Å²) in [5, 5.41) is 4.05. The van der Waals surface area contributed by atoms with Crippen molar-refractivity contribution in [1.29, 1.82) is 0 Å². The number of carbonyl (C=O) groups excluding carboxylic acids is 1. The van der Waals surface area contributed by atoms with E-state index in [-0.39, 0.29) is 10.8 Å². The third-order valence-electron chi connectivity index (χ3n) is 2.71. The van der Waals surface area contributed by atoms with Crippen LogP contribution in [0.4, 0.5) is 0 Å². The fourth-order valence-corrected chi connectivity index (χ4v) is 2.15. The van der Waals surface area contributed by atoms with Gasteiger partial charge in [-0.1, -0.05) is 19.6 Å². The molecule has 116 valence electrons. The second-order valence-corrected chi connectivity index (χ2v) is 5.39. The van der Waals surface area contributed by atoms with Crippen LogP contribution < -0.4 is 5.43 Å². The number of nitrogens with zero attached hydrogens (tertiary/aromatic N) is 1. The van der Waals surface area contributed by atoms with E-state index in [9.17, 15) is 13.6 Å². The first-order chi connectivity index (χ1) is 9.99. The minimum absolute atomic E-state index is 0.243. The molecule has 0 aromatic rings. The molecule has 1 amide bonds. The zero-order valence-electron chi connectivity index (χ0n) is 12.4. The lowest BCUT2D eigenvalue weighted by molar-refractivity contribution is -0.118. The SMILES string of the molecule is CCCOC1=C=CC(S(=O)O)=CC1/C(CC)=N/NC(C)=O. The Bertz CT molecular complexity index is 545. The largest absolute Gasteiger partial charge is 0.489 e. The highest BCUT2D eigenvalue weighted by Crippen LogP contribution is 2.24. The third kappa shape index (κ3) is 5.30. The predicted molar refractivity (Wildman–Crippen MR) is 81.7 cm³/mol. The second kappa shape index (κ2) is 8.56. The molecule has 21 heavy (non-hydrogen) atoms.